The van der Waals surface area contributed by atoms with Crippen LogP contribution in [0.3, 0.4) is 0 Å². The lowest BCUT2D eigenvalue weighted by molar-refractivity contribution is -0.168. The summed E-state index contributed by atoms with van der Waals surface area (Å²) in [5, 5.41) is 0. The van der Waals surface area contributed by atoms with Crippen LogP contribution < -0.4 is 9.47 Å². The Bertz CT molecular complexity index is 750. The van der Waals surface area contributed by atoms with E-state index in [1.807, 2.05) is 24.3 Å². The lowest BCUT2D eigenvalue weighted by Crippen LogP contribution is -2.22. The van der Waals surface area contributed by atoms with E-state index in [1.54, 1.807) is 26.4 Å². The minimum atomic E-state index is -0.120. The van der Waals surface area contributed by atoms with Crippen molar-refractivity contribution in [3.8, 4) is 22.6 Å². The summed E-state index contributed by atoms with van der Waals surface area (Å²) < 4.78 is 22.5. The Hall–Kier alpha value is -2.37. The number of benzene rings is 2. The second-order valence-electron chi connectivity index (χ2n) is 6.22. The SMILES string of the molecule is COc1cc(C=O)ccc1-c1ccc(COC2CCCCO2)cc1OC. The van der Waals surface area contributed by atoms with E-state index in [0.717, 1.165) is 54.6 Å². The first-order valence-corrected chi connectivity index (χ1v) is 8.79. The van der Waals surface area contributed by atoms with Gasteiger partial charge in [0, 0.05) is 23.3 Å². The van der Waals surface area contributed by atoms with Crippen molar-refractivity contribution in [3.63, 3.8) is 0 Å². The van der Waals surface area contributed by atoms with E-state index in [4.69, 9.17) is 18.9 Å². The molecule has 0 N–H and O–H groups in total. The summed E-state index contributed by atoms with van der Waals surface area (Å²) >= 11 is 0. The molecule has 26 heavy (non-hydrogen) atoms. The molecule has 1 heterocycles. The molecule has 0 saturated carbocycles. The number of rotatable bonds is 7. The smallest absolute Gasteiger partial charge is 0.158 e. The van der Waals surface area contributed by atoms with Gasteiger partial charge in [0.1, 0.15) is 17.8 Å². The topological polar surface area (TPSA) is 54.0 Å². The van der Waals surface area contributed by atoms with Crippen LogP contribution >= 0.6 is 0 Å². The number of aldehydes is 1. The number of carbonyl (C=O) groups is 1. The maximum Gasteiger partial charge on any atom is 0.158 e. The molecule has 1 aliphatic heterocycles. The average Bonchev–Trinajstić information content (AvgIpc) is 2.72. The maximum atomic E-state index is 11.0. The highest BCUT2D eigenvalue weighted by Crippen LogP contribution is 2.37. The number of carbonyl (C=O) groups excluding carboxylic acids is 1. The van der Waals surface area contributed by atoms with Crippen molar-refractivity contribution in [1.29, 1.82) is 0 Å². The third-order valence-electron chi connectivity index (χ3n) is 4.49. The van der Waals surface area contributed by atoms with E-state index in [9.17, 15) is 4.79 Å². The Kier molecular flexibility index (Phi) is 6.26. The molecule has 1 atom stereocenters. The van der Waals surface area contributed by atoms with Crippen molar-refractivity contribution in [2.45, 2.75) is 32.2 Å². The molecule has 1 fully saturated rings. The zero-order valence-electron chi connectivity index (χ0n) is 15.2. The van der Waals surface area contributed by atoms with Gasteiger partial charge in [0.05, 0.1) is 20.8 Å². The van der Waals surface area contributed by atoms with Crippen molar-refractivity contribution >= 4 is 6.29 Å². The fourth-order valence-corrected chi connectivity index (χ4v) is 3.08. The molecule has 0 amide bonds. The minimum absolute atomic E-state index is 0.120. The molecule has 138 valence electrons. The summed E-state index contributed by atoms with van der Waals surface area (Å²) in [6.45, 7) is 1.24. The van der Waals surface area contributed by atoms with Crippen LogP contribution in [-0.4, -0.2) is 33.4 Å². The molecule has 0 radical (unpaired) electrons. The molecule has 5 nitrogen and oxygen atoms in total. The van der Waals surface area contributed by atoms with E-state index in [1.165, 1.54) is 0 Å². The van der Waals surface area contributed by atoms with Crippen molar-refractivity contribution in [1.82, 2.24) is 0 Å². The fourth-order valence-electron chi connectivity index (χ4n) is 3.08. The van der Waals surface area contributed by atoms with Gasteiger partial charge < -0.3 is 18.9 Å². The van der Waals surface area contributed by atoms with Crippen LogP contribution in [-0.2, 0) is 16.1 Å². The number of hydrogen-bond acceptors (Lipinski definition) is 5. The Balaban J connectivity index is 1.81. The standard InChI is InChI=1S/C21H24O5/c1-23-19-11-15(13-22)6-8-17(19)18-9-7-16(12-20(18)24-2)14-26-21-5-3-4-10-25-21/h6-9,11-13,21H,3-5,10,14H2,1-2H3. The Morgan fingerprint density at radius 2 is 1.77 bits per heavy atom. The van der Waals surface area contributed by atoms with Gasteiger partial charge in [-0.25, -0.2) is 0 Å². The number of methoxy groups -OCH3 is 2. The molecule has 1 unspecified atom stereocenters. The first kappa shape index (κ1) is 18.4. The molecule has 5 heteroatoms. The van der Waals surface area contributed by atoms with E-state index >= 15 is 0 Å². The third-order valence-corrected chi connectivity index (χ3v) is 4.49. The summed E-state index contributed by atoms with van der Waals surface area (Å²) in [6, 6.07) is 11.3. The van der Waals surface area contributed by atoms with Gasteiger partial charge in [0.2, 0.25) is 0 Å². The normalized spacial score (nSPS) is 16.9. The second-order valence-corrected chi connectivity index (χ2v) is 6.22. The van der Waals surface area contributed by atoms with Crippen LogP contribution in [0.15, 0.2) is 36.4 Å². The Morgan fingerprint density at radius 1 is 1.04 bits per heavy atom. The van der Waals surface area contributed by atoms with Crippen LogP contribution in [0.4, 0.5) is 0 Å². The molecule has 2 aromatic rings. The summed E-state index contributed by atoms with van der Waals surface area (Å²) in [6.07, 6.45) is 3.87. The lowest BCUT2D eigenvalue weighted by Gasteiger charge is -2.23. The largest absolute Gasteiger partial charge is 0.496 e. The summed E-state index contributed by atoms with van der Waals surface area (Å²) in [4.78, 5) is 11.0. The number of ether oxygens (including phenoxy) is 4. The van der Waals surface area contributed by atoms with E-state index in [0.29, 0.717) is 17.9 Å². The van der Waals surface area contributed by atoms with Crippen LogP contribution in [0, 0.1) is 0 Å². The summed E-state index contributed by atoms with van der Waals surface area (Å²) in [7, 11) is 3.23. The van der Waals surface area contributed by atoms with Crippen molar-refractivity contribution < 1.29 is 23.7 Å². The molecule has 2 aromatic carbocycles. The fraction of sp³-hybridized carbons (Fsp3) is 0.381. The van der Waals surface area contributed by atoms with Gasteiger partial charge in [-0.05, 0) is 43.0 Å². The van der Waals surface area contributed by atoms with Crippen molar-refractivity contribution in [2.75, 3.05) is 20.8 Å². The molecule has 3 rings (SSSR count). The highest BCUT2D eigenvalue weighted by atomic mass is 16.7. The van der Waals surface area contributed by atoms with Crippen molar-refractivity contribution in [3.05, 3.63) is 47.5 Å². The van der Waals surface area contributed by atoms with Gasteiger partial charge in [-0.3, -0.25) is 4.79 Å². The van der Waals surface area contributed by atoms with E-state index in [-0.39, 0.29) is 6.29 Å². The van der Waals surface area contributed by atoms with E-state index in [2.05, 4.69) is 0 Å². The molecule has 0 aliphatic carbocycles. The zero-order valence-corrected chi connectivity index (χ0v) is 15.2. The first-order valence-electron chi connectivity index (χ1n) is 8.79. The quantitative estimate of drug-likeness (QED) is 0.695. The monoisotopic (exact) mass is 356 g/mol. The Morgan fingerprint density at radius 3 is 2.42 bits per heavy atom. The summed E-state index contributed by atoms with van der Waals surface area (Å²) in [5.74, 6) is 1.36. The maximum absolute atomic E-state index is 11.0. The van der Waals surface area contributed by atoms with Gasteiger partial charge in [0.25, 0.3) is 0 Å². The van der Waals surface area contributed by atoms with Gasteiger partial charge in [-0.1, -0.05) is 18.2 Å². The van der Waals surface area contributed by atoms with Crippen LogP contribution in [0.25, 0.3) is 11.1 Å². The van der Waals surface area contributed by atoms with E-state index < -0.39 is 0 Å². The van der Waals surface area contributed by atoms with Gasteiger partial charge in [-0.2, -0.15) is 0 Å². The van der Waals surface area contributed by atoms with Crippen LogP contribution in [0.2, 0.25) is 0 Å². The van der Waals surface area contributed by atoms with Gasteiger partial charge >= 0.3 is 0 Å². The molecule has 0 spiro atoms. The predicted molar refractivity (Wildman–Crippen MR) is 98.7 cm³/mol. The second kappa shape index (κ2) is 8.83. The molecule has 0 bridgehead atoms. The molecule has 0 aromatic heterocycles. The zero-order chi connectivity index (χ0) is 18.4. The third kappa shape index (κ3) is 4.23. The number of hydrogen-bond donors (Lipinski definition) is 0. The first-order chi connectivity index (χ1) is 12.7. The average molecular weight is 356 g/mol. The molecular weight excluding hydrogens is 332 g/mol. The van der Waals surface area contributed by atoms with Gasteiger partial charge in [-0.15, -0.1) is 0 Å². The van der Waals surface area contributed by atoms with Crippen LogP contribution in [0.5, 0.6) is 11.5 Å². The van der Waals surface area contributed by atoms with Crippen molar-refractivity contribution in [2.24, 2.45) is 0 Å². The highest BCUT2D eigenvalue weighted by molar-refractivity contribution is 5.82. The van der Waals surface area contributed by atoms with Gasteiger partial charge in [0.15, 0.2) is 6.29 Å². The molecule has 1 aliphatic rings. The predicted octanol–water partition coefficient (Wildman–Crippen LogP) is 4.23. The Labute approximate surface area is 153 Å². The van der Waals surface area contributed by atoms with Crippen LogP contribution in [0.1, 0.15) is 35.2 Å². The minimum Gasteiger partial charge on any atom is -0.496 e. The lowest BCUT2D eigenvalue weighted by atomic mass is 10.00. The summed E-state index contributed by atoms with van der Waals surface area (Å²) in [5.41, 5.74) is 3.36. The molecular formula is C21H24O5. The highest BCUT2D eigenvalue weighted by Gasteiger charge is 2.16. The molecule has 1 saturated heterocycles.